The Hall–Kier alpha value is -1.13. The molecule has 1 fully saturated rings. The molecule has 0 aliphatic carbocycles. The quantitative estimate of drug-likeness (QED) is 0.775. The highest BCUT2D eigenvalue weighted by Crippen LogP contribution is 2.27. The van der Waals surface area contributed by atoms with Gasteiger partial charge in [-0.1, -0.05) is 12.1 Å². The Kier molecular flexibility index (Phi) is 4.42. The van der Waals surface area contributed by atoms with E-state index in [0.29, 0.717) is 25.8 Å². The predicted octanol–water partition coefficient (Wildman–Crippen LogP) is 2.08. The zero-order valence-electron chi connectivity index (χ0n) is 11.7. The fourth-order valence-electron chi connectivity index (χ4n) is 2.33. The van der Waals surface area contributed by atoms with Gasteiger partial charge in [0.1, 0.15) is 6.67 Å². The molecule has 3 N–H and O–H groups in total. The molecule has 0 bridgehead atoms. The largest absolute Gasteiger partial charge is 0.399 e. The van der Waals surface area contributed by atoms with E-state index in [1.54, 1.807) is 0 Å². The molecular weight excluding hydrogens is 243 g/mol. The smallest absolute Gasteiger partial charge is 0.101 e. The van der Waals surface area contributed by atoms with Crippen LogP contribution in [0.1, 0.15) is 18.1 Å². The van der Waals surface area contributed by atoms with Gasteiger partial charge in [0.15, 0.2) is 0 Å². The first kappa shape index (κ1) is 14.3. The van der Waals surface area contributed by atoms with Crippen LogP contribution in [-0.4, -0.2) is 32.5 Å². The zero-order valence-corrected chi connectivity index (χ0v) is 11.7. The lowest BCUT2D eigenvalue weighted by atomic mass is 9.87. The number of halogens is 1. The first-order valence-electron chi connectivity index (χ1n) is 6.77. The number of benzene rings is 1. The fraction of sp³-hybridized carbons (Fsp3) is 0.600. The van der Waals surface area contributed by atoms with Gasteiger partial charge < -0.3 is 15.8 Å². The van der Waals surface area contributed by atoms with Crippen molar-refractivity contribution in [2.24, 2.45) is 5.41 Å². The third-order valence-electron chi connectivity index (χ3n) is 3.94. The maximum absolute atomic E-state index is 13.0. The van der Waals surface area contributed by atoms with E-state index in [4.69, 9.17) is 10.5 Å². The van der Waals surface area contributed by atoms with Crippen molar-refractivity contribution in [3.05, 3.63) is 29.3 Å². The van der Waals surface area contributed by atoms with E-state index >= 15 is 0 Å². The summed E-state index contributed by atoms with van der Waals surface area (Å²) >= 11 is 0. The van der Waals surface area contributed by atoms with Crippen molar-refractivity contribution in [3.63, 3.8) is 0 Å². The second-order valence-corrected chi connectivity index (χ2v) is 5.74. The third kappa shape index (κ3) is 3.25. The van der Waals surface area contributed by atoms with E-state index in [9.17, 15) is 4.39 Å². The van der Waals surface area contributed by atoms with Crippen LogP contribution in [-0.2, 0) is 11.2 Å². The molecule has 0 saturated carbocycles. The SMILES string of the molecule is Cc1c(N)cccc1C[C@@H](C)NCC1(CF)COC1. The van der Waals surface area contributed by atoms with Crippen LogP contribution >= 0.6 is 0 Å². The third-order valence-corrected chi connectivity index (χ3v) is 3.94. The molecule has 1 aromatic rings. The van der Waals surface area contributed by atoms with Crippen molar-refractivity contribution >= 4 is 5.69 Å². The first-order valence-corrected chi connectivity index (χ1v) is 6.77. The van der Waals surface area contributed by atoms with Gasteiger partial charge in [-0.05, 0) is 37.5 Å². The molecule has 1 aliphatic rings. The molecule has 0 unspecified atom stereocenters. The summed E-state index contributed by atoms with van der Waals surface area (Å²) in [4.78, 5) is 0. The Morgan fingerprint density at radius 1 is 1.47 bits per heavy atom. The minimum Gasteiger partial charge on any atom is -0.399 e. The summed E-state index contributed by atoms with van der Waals surface area (Å²) < 4.78 is 18.1. The molecule has 106 valence electrons. The van der Waals surface area contributed by atoms with E-state index in [1.165, 1.54) is 5.56 Å². The molecule has 3 nitrogen and oxygen atoms in total. The van der Waals surface area contributed by atoms with Crippen LogP contribution < -0.4 is 11.1 Å². The second-order valence-electron chi connectivity index (χ2n) is 5.74. The topological polar surface area (TPSA) is 47.3 Å². The highest BCUT2D eigenvalue weighted by atomic mass is 19.1. The molecule has 1 saturated heterocycles. The number of hydrogen-bond acceptors (Lipinski definition) is 3. The van der Waals surface area contributed by atoms with Crippen LogP contribution in [0.5, 0.6) is 0 Å². The Morgan fingerprint density at radius 3 is 2.79 bits per heavy atom. The van der Waals surface area contributed by atoms with Crippen molar-refractivity contribution < 1.29 is 9.13 Å². The van der Waals surface area contributed by atoms with Crippen LogP contribution in [0.4, 0.5) is 10.1 Å². The van der Waals surface area contributed by atoms with Gasteiger partial charge in [-0.15, -0.1) is 0 Å². The summed E-state index contributed by atoms with van der Waals surface area (Å²) in [5, 5.41) is 3.41. The standard InChI is InChI=1S/C15H23FN2O/c1-11(18-8-15(7-16)9-19-10-15)6-13-4-3-5-14(17)12(13)2/h3-5,11,18H,6-10,17H2,1-2H3/t11-/m1/s1. The Balaban J connectivity index is 1.87. The molecule has 0 spiro atoms. The van der Waals surface area contributed by atoms with Crippen molar-refractivity contribution in [1.29, 1.82) is 0 Å². The average Bonchev–Trinajstić information content (AvgIpc) is 2.34. The maximum atomic E-state index is 13.0. The Bertz CT molecular complexity index is 427. The minimum atomic E-state index is -0.315. The highest BCUT2D eigenvalue weighted by Gasteiger charge is 2.38. The molecule has 4 heteroatoms. The summed E-state index contributed by atoms with van der Waals surface area (Å²) in [6.45, 7) is 5.57. The Labute approximate surface area is 114 Å². The molecule has 0 radical (unpaired) electrons. The van der Waals surface area contributed by atoms with Crippen LogP contribution in [0.25, 0.3) is 0 Å². The number of rotatable bonds is 6. The molecule has 2 rings (SSSR count). The van der Waals surface area contributed by atoms with Gasteiger partial charge in [0, 0.05) is 18.3 Å². The van der Waals surface area contributed by atoms with Crippen LogP contribution in [0, 0.1) is 12.3 Å². The second kappa shape index (κ2) is 5.88. The van der Waals surface area contributed by atoms with Gasteiger partial charge in [0.05, 0.1) is 18.6 Å². The van der Waals surface area contributed by atoms with Crippen LogP contribution in [0.2, 0.25) is 0 Å². The van der Waals surface area contributed by atoms with Gasteiger partial charge in [-0.2, -0.15) is 0 Å². The normalized spacial score (nSPS) is 18.9. The summed E-state index contributed by atoms with van der Waals surface area (Å²) in [5.41, 5.74) is 8.83. The van der Waals surface area contributed by atoms with Gasteiger partial charge >= 0.3 is 0 Å². The predicted molar refractivity (Wildman–Crippen MR) is 76.0 cm³/mol. The summed E-state index contributed by atoms with van der Waals surface area (Å²) in [6, 6.07) is 6.29. The Morgan fingerprint density at radius 2 is 2.21 bits per heavy atom. The van der Waals surface area contributed by atoms with Gasteiger partial charge in [-0.3, -0.25) is 4.39 Å². The van der Waals surface area contributed by atoms with E-state index < -0.39 is 0 Å². The summed E-state index contributed by atoms with van der Waals surface area (Å²) in [6.07, 6.45) is 0.903. The van der Waals surface area contributed by atoms with Gasteiger partial charge in [-0.25, -0.2) is 0 Å². The molecular formula is C15H23FN2O. The van der Waals surface area contributed by atoms with E-state index in [-0.39, 0.29) is 12.1 Å². The van der Waals surface area contributed by atoms with Gasteiger partial charge in [0.2, 0.25) is 0 Å². The minimum absolute atomic E-state index is 0.293. The molecule has 1 aliphatic heterocycles. The molecule has 19 heavy (non-hydrogen) atoms. The average molecular weight is 266 g/mol. The molecule has 1 aromatic carbocycles. The van der Waals surface area contributed by atoms with Crippen molar-refractivity contribution in [1.82, 2.24) is 5.32 Å². The van der Waals surface area contributed by atoms with Crippen LogP contribution in [0.15, 0.2) is 18.2 Å². The lowest BCUT2D eigenvalue weighted by Gasteiger charge is -2.40. The maximum Gasteiger partial charge on any atom is 0.101 e. The van der Waals surface area contributed by atoms with Crippen molar-refractivity contribution in [3.8, 4) is 0 Å². The number of hydrogen-bond donors (Lipinski definition) is 2. The lowest BCUT2D eigenvalue weighted by Crippen LogP contribution is -2.53. The van der Waals surface area contributed by atoms with Crippen molar-refractivity contribution in [2.75, 3.05) is 32.2 Å². The number of nitrogen functional groups attached to an aromatic ring is 1. The summed E-state index contributed by atoms with van der Waals surface area (Å²) in [7, 11) is 0. The van der Waals surface area contributed by atoms with Gasteiger partial charge in [0.25, 0.3) is 0 Å². The number of ether oxygens (including phenoxy) is 1. The fourth-order valence-corrected chi connectivity index (χ4v) is 2.33. The van der Waals surface area contributed by atoms with Crippen LogP contribution in [0.3, 0.4) is 0 Å². The molecule has 1 atom stereocenters. The lowest BCUT2D eigenvalue weighted by molar-refractivity contribution is -0.121. The number of anilines is 1. The monoisotopic (exact) mass is 266 g/mol. The summed E-state index contributed by atoms with van der Waals surface area (Å²) in [5.74, 6) is 0. The first-order chi connectivity index (χ1) is 9.06. The van der Waals surface area contributed by atoms with E-state index in [1.807, 2.05) is 19.1 Å². The van der Waals surface area contributed by atoms with E-state index in [0.717, 1.165) is 17.7 Å². The van der Waals surface area contributed by atoms with E-state index in [2.05, 4.69) is 18.3 Å². The molecule has 0 aromatic heterocycles. The highest BCUT2D eigenvalue weighted by molar-refractivity contribution is 5.50. The molecule has 1 heterocycles. The number of nitrogens with one attached hydrogen (secondary N) is 1. The zero-order chi connectivity index (χ0) is 13.9. The number of alkyl halides is 1. The van der Waals surface area contributed by atoms with Crippen molar-refractivity contribution in [2.45, 2.75) is 26.3 Å². The molecule has 0 amide bonds. The number of nitrogens with two attached hydrogens (primary N) is 1.